The Labute approximate surface area is 120 Å². The van der Waals surface area contributed by atoms with Gasteiger partial charge in [-0.3, -0.25) is 13.3 Å². The maximum absolute atomic E-state index is 12.0. The standard InChI is InChI=1S/C10H11NO5S2.C2H6/c1-18(15,16)11-6-9(10(12)13)17(14)8-5-3-2-4-7(8)11;1-2/h2-5,9H,6H2,1H3,(H,12,13);1-2H3/t9-,17?;/m1./s1. The van der Waals surface area contributed by atoms with Gasteiger partial charge >= 0.3 is 5.97 Å². The van der Waals surface area contributed by atoms with E-state index < -0.39 is 32.0 Å². The number of hydrogen-bond donors (Lipinski definition) is 1. The minimum Gasteiger partial charge on any atom is -0.480 e. The molecule has 1 aliphatic rings. The molecule has 0 aromatic heterocycles. The van der Waals surface area contributed by atoms with E-state index in [4.69, 9.17) is 5.11 Å². The number of hydrogen-bond acceptors (Lipinski definition) is 4. The average Bonchev–Trinajstić information content (AvgIpc) is 2.40. The number of carboxylic acid groups (broad SMARTS) is 1. The highest BCUT2D eigenvalue weighted by Crippen LogP contribution is 2.32. The van der Waals surface area contributed by atoms with Crippen molar-refractivity contribution in [1.29, 1.82) is 0 Å². The number of aliphatic carboxylic acids is 1. The SMILES string of the molecule is CC.CS(=O)(=O)N1C[C@H](C(=O)O)S(=O)c2ccccc21. The van der Waals surface area contributed by atoms with E-state index in [0.29, 0.717) is 0 Å². The van der Waals surface area contributed by atoms with Crippen LogP contribution in [0, 0.1) is 0 Å². The third-order valence-corrected chi connectivity index (χ3v) is 5.41. The van der Waals surface area contributed by atoms with E-state index in [9.17, 15) is 17.4 Å². The van der Waals surface area contributed by atoms with Gasteiger partial charge in [0.25, 0.3) is 0 Å². The van der Waals surface area contributed by atoms with Gasteiger partial charge < -0.3 is 5.11 Å². The van der Waals surface area contributed by atoms with Gasteiger partial charge in [-0.25, -0.2) is 8.42 Å². The molecule has 0 amide bonds. The first-order valence-electron chi connectivity index (χ1n) is 6.02. The second-order valence-corrected chi connectivity index (χ2v) is 7.40. The summed E-state index contributed by atoms with van der Waals surface area (Å²) in [6, 6.07) is 6.22. The molecule has 0 spiro atoms. The van der Waals surface area contributed by atoms with Crippen LogP contribution in [-0.2, 0) is 25.6 Å². The summed E-state index contributed by atoms with van der Waals surface area (Å²) in [5.74, 6) is -1.27. The molecule has 1 heterocycles. The normalized spacial score (nSPS) is 21.4. The lowest BCUT2D eigenvalue weighted by Crippen LogP contribution is -2.46. The van der Waals surface area contributed by atoms with Crippen LogP contribution in [0.5, 0.6) is 0 Å². The predicted molar refractivity (Wildman–Crippen MR) is 77.8 cm³/mol. The van der Waals surface area contributed by atoms with Crippen LogP contribution in [0.2, 0.25) is 0 Å². The van der Waals surface area contributed by atoms with E-state index in [0.717, 1.165) is 10.6 Å². The van der Waals surface area contributed by atoms with Crippen molar-refractivity contribution in [3.63, 3.8) is 0 Å². The highest BCUT2D eigenvalue weighted by Gasteiger charge is 2.38. The number of sulfonamides is 1. The number of fused-ring (bicyclic) bond motifs is 1. The van der Waals surface area contributed by atoms with Gasteiger partial charge in [0.05, 0.1) is 34.2 Å². The van der Waals surface area contributed by atoms with Crippen molar-refractivity contribution in [1.82, 2.24) is 0 Å². The molecule has 20 heavy (non-hydrogen) atoms. The topological polar surface area (TPSA) is 91.8 Å². The molecule has 0 bridgehead atoms. The van der Waals surface area contributed by atoms with E-state index in [1.54, 1.807) is 12.1 Å². The lowest BCUT2D eigenvalue weighted by atomic mass is 10.3. The molecule has 1 N–H and O–H groups in total. The molecule has 0 saturated carbocycles. The Bertz CT molecular complexity index is 626. The number of benzene rings is 1. The number of para-hydroxylation sites is 1. The van der Waals surface area contributed by atoms with Crippen LogP contribution in [0.4, 0.5) is 5.69 Å². The Morgan fingerprint density at radius 3 is 2.40 bits per heavy atom. The zero-order valence-corrected chi connectivity index (χ0v) is 13.1. The molecule has 0 radical (unpaired) electrons. The molecule has 112 valence electrons. The maximum atomic E-state index is 12.0. The van der Waals surface area contributed by atoms with Crippen LogP contribution in [0.25, 0.3) is 0 Å². The summed E-state index contributed by atoms with van der Waals surface area (Å²) < 4.78 is 36.3. The largest absolute Gasteiger partial charge is 0.480 e. The lowest BCUT2D eigenvalue weighted by Gasteiger charge is -2.31. The first-order valence-corrected chi connectivity index (χ1v) is 9.08. The third kappa shape index (κ3) is 3.18. The Morgan fingerprint density at radius 1 is 1.35 bits per heavy atom. The molecule has 2 rings (SSSR count). The van der Waals surface area contributed by atoms with Gasteiger partial charge in [0, 0.05) is 0 Å². The van der Waals surface area contributed by atoms with Gasteiger partial charge in [0.15, 0.2) is 5.25 Å². The first-order chi connectivity index (χ1) is 9.32. The van der Waals surface area contributed by atoms with E-state index in [1.807, 2.05) is 13.8 Å². The molecule has 1 unspecified atom stereocenters. The van der Waals surface area contributed by atoms with E-state index in [-0.39, 0.29) is 17.1 Å². The summed E-state index contributed by atoms with van der Waals surface area (Å²) in [7, 11) is -5.34. The minimum absolute atomic E-state index is 0.238. The highest BCUT2D eigenvalue weighted by atomic mass is 32.2. The average molecular weight is 319 g/mol. The fourth-order valence-corrected chi connectivity index (χ4v) is 4.25. The maximum Gasteiger partial charge on any atom is 0.321 e. The van der Waals surface area contributed by atoms with E-state index >= 15 is 0 Å². The molecule has 2 atom stereocenters. The number of nitrogens with zero attached hydrogens (tertiary/aromatic N) is 1. The van der Waals surface area contributed by atoms with Crippen LogP contribution in [0.1, 0.15) is 13.8 Å². The van der Waals surface area contributed by atoms with Gasteiger partial charge in [-0.15, -0.1) is 0 Å². The molecule has 8 heteroatoms. The van der Waals surface area contributed by atoms with Crippen molar-refractivity contribution in [2.75, 3.05) is 17.1 Å². The number of carboxylic acids is 1. The molecule has 0 fully saturated rings. The van der Waals surface area contributed by atoms with Crippen LogP contribution in [0.15, 0.2) is 29.2 Å². The third-order valence-electron chi connectivity index (χ3n) is 2.62. The number of carbonyl (C=O) groups is 1. The van der Waals surface area contributed by atoms with Gasteiger partial charge in [-0.05, 0) is 12.1 Å². The molecule has 1 aromatic rings. The Kier molecular flexibility index (Phi) is 5.29. The van der Waals surface area contributed by atoms with Crippen molar-refractivity contribution in [3.05, 3.63) is 24.3 Å². The highest BCUT2D eigenvalue weighted by molar-refractivity contribution is 7.92. The van der Waals surface area contributed by atoms with Crippen molar-refractivity contribution in [3.8, 4) is 0 Å². The molecule has 1 aliphatic heterocycles. The zero-order chi connectivity index (χ0) is 15.5. The van der Waals surface area contributed by atoms with Crippen molar-refractivity contribution < 1.29 is 22.5 Å². The molecule has 1 aromatic carbocycles. The van der Waals surface area contributed by atoms with Gasteiger partial charge in [0.2, 0.25) is 10.0 Å². The Balaban J connectivity index is 0.000000956. The second kappa shape index (κ2) is 6.36. The van der Waals surface area contributed by atoms with E-state index in [1.165, 1.54) is 12.1 Å². The number of rotatable bonds is 2. The van der Waals surface area contributed by atoms with Crippen molar-refractivity contribution >= 4 is 32.5 Å². The fraction of sp³-hybridized carbons (Fsp3) is 0.417. The van der Waals surface area contributed by atoms with Crippen LogP contribution in [-0.4, -0.2) is 41.8 Å². The van der Waals surface area contributed by atoms with Crippen LogP contribution < -0.4 is 4.31 Å². The van der Waals surface area contributed by atoms with Gasteiger partial charge in [0.1, 0.15) is 0 Å². The molecular formula is C12H17NO5S2. The van der Waals surface area contributed by atoms with Crippen LogP contribution in [0.3, 0.4) is 0 Å². The summed E-state index contributed by atoms with van der Waals surface area (Å²) >= 11 is 0. The van der Waals surface area contributed by atoms with Crippen LogP contribution >= 0.6 is 0 Å². The van der Waals surface area contributed by atoms with E-state index in [2.05, 4.69) is 0 Å². The van der Waals surface area contributed by atoms with Crippen molar-refractivity contribution in [2.45, 2.75) is 24.0 Å². The summed E-state index contributed by atoms with van der Waals surface area (Å²) in [5.41, 5.74) is 0.288. The summed E-state index contributed by atoms with van der Waals surface area (Å²) in [6.07, 6.45) is 0.997. The summed E-state index contributed by atoms with van der Waals surface area (Å²) in [5, 5.41) is 7.76. The van der Waals surface area contributed by atoms with Gasteiger partial charge in [-0.2, -0.15) is 0 Å². The number of anilines is 1. The van der Waals surface area contributed by atoms with Crippen molar-refractivity contribution in [2.24, 2.45) is 0 Å². The quantitative estimate of drug-likeness (QED) is 0.880. The first kappa shape index (κ1) is 16.6. The smallest absolute Gasteiger partial charge is 0.321 e. The molecule has 0 aliphatic carbocycles. The van der Waals surface area contributed by atoms with Gasteiger partial charge in [-0.1, -0.05) is 26.0 Å². The zero-order valence-electron chi connectivity index (χ0n) is 11.4. The summed E-state index contributed by atoms with van der Waals surface area (Å²) in [6.45, 7) is 3.69. The Morgan fingerprint density at radius 2 is 1.90 bits per heavy atom. The second-order valence-electron chi connectivity index (χ2n) is 3.89. The predicted octanol–water partition coefficient (Wildman–Crippen LogP) is 1.05. The molecular weight excluding hydrogens is 302 g/mol. The minimum atomic E-state index is -3.59. The summed E-state index contributed by atoms with van der Waals surface area (Å²) in [4.78, 5) is 11.3. The molecule has 0 saturated heterocycles. The monoisotopic (exact) mass is 319 g/mol. The Hall–Kier alpha value is -1.41. The fourth-order valence-electron chi connectivity index (χ4n) is 1.79. The molecule has 6 nitrogen and oxygen atoms in total. The lowest BCUT2D eigenvalue weighted by molar-refractivity contribution is -0.136.